The third kappa shape index (κ3) is 3.70. The Morgan fingerprint density at radius 1 is 1.19 bits per heavy atom. The van der Waals surface area contributed by atoms with Crippen molar-refractivity contribution in [3.05, 3.63) is 40.8 Å². The van der Waals surface area contributed by atoms with Gasteiger partial charge >= 0.3 is 0 Å². The zero-order valence-corrected chi connectivity index (χ0v) is 14.0. The maximum absolute atomic E-state index is 4.73. The highest BCUT2D eigenvalue weighted by molar-refractivity contribution is 5.33. The summed E-state index contributed by atoms with van der Waals surface area (Å²) in [6.07, 6.45) is 1.00. The van der Waals surface area contributed by atoms with Crippen LogP contribution in [0.15, 0.2) is 18.2 Å². The fourth-order valence-corrected chi connectivity index (χ4v) is 2.45. The van der Waals surface area contributed by atoms with Gasteiger partial charge in [0.15, 0.2) is 5.82 Å². The molecule has 0 aliphatic heterocycles. The summed E-state index contributed by atoms with van der Waals surface area (Å²) in [4.78, 5) is 4.73. The Kier molecular flexibility index (Phi) is 4.47. The van der Waals surface area contributed by atoms with Crippen LogP contribution < -0.4 is 5.32 Å². The predicted octanol–water partition coefficient (Wildman–Crippen LogP) is 3.33. The summed E-state index contributed by atoms with van der Waals surface area (Å²) in [7, 11) is 0. The van der Waals surface area contributed by atoms with Crippen molar-refractivity contribution in [1.82, 2.24) is 20.1 Å². The molecule has 4 nitrogen and oxygen atoms in total. The van der Waals surface area contributed by atoms with Crippen LogP contribution in [0.25, 0.3) is 5.82 Å². The summed E-state index contributed by atoms with van der Waals surface area (Å²) < 4.78 is 1.95. The van der Waals surface area contributed by atoms with Crippen molar-refractivity contribution in [2.45, 2.75) is 60.0 Å². The molecule has 0 radical (unpaired) electrons. The molecule has 0 bridgehead atoms. The van der Waals surface area contributed by atoms with Crippen LogP contribution in [0.3, 0.4) is 0 Å². The van der Waals surface area contributed by atoms with Crippen LogP contribution in [0.4, 0.5) is 0 Å². The quantitative estimate of drug-likeness (QED) is 0.937. The van der Waals surface area contributed by atoms with Crippen molar-refractivity contribution in [2.75, 3.05) is 0 Å². The van der Waals surface area contributed by atoms with Crippen molar-refractivity contribution in [1.29, 1.82) is 0 Å². The van der Waals surface area contributed by atoms with Crippen molar-refractivity contribution in [3.8, 4) is 5.82 Å². The predicted molar refractivity (Wildman–Crippen MR) is 86.8 cm³/mol. The largest absolute Gasteiger partial charge is 0.306 e. The fraction of sp³-hybridized carbons (Fsp3) is 0.529. The molecule has 0 saturated carbocycles. The number of nitrogens with zero attached hydrogens (tertiary/aromatic N) is 3. The summed E-state index contributed by atoms with van der Waals surface area (Å²) in [6, 6.07) is 6.11. The Morgan fingerprint density at radius 2 is 1.90 bits per heavy atom. The number of rotatable bonds is 4. The molecule has 0 unspecified atom stereocenters. The van der Waals surface area contributed by atoms with Crippen molar-refractivity contribution >= 4 is 0 Å². The standard InChI is InChI=1S/C17H26N4/c1-7-15-12(2)20-21(13(15)3)16-10-8-9-14(19-16)11-18-17(4,5)6/h8-10,18H,7,11H2,1-6H3. The molecule has 0 fully saturated rings. The van der Waals surface area contributed by atoms with Gasteiger partial charge in [0.1, 0.15) is 0 Å². The van der Waals surface area contributed by atoms with E-state index in [1.807, 2.05) is 16.8 Å². The Morgan fingerprint density at radius 3 is 2.48 bits per heavy atom. The molecule has 2 rings (SSSR count). The van der Waals surface area contributed by atoms with Crippen LogP contribution in [0.1, 0.15) is 50.3 Å². The topological polar surface area (TPSA) is 42.7 Å². The Hall–Kier alpha value is -1.68. The fourth-order valence-electron chi connectivity index (χ4n) is 2.45. The number of hydrogen-bond acceptors (Lipinski definition) is 3. The van der Waals surface area contributed by atoms with Crippen LogP contribution in [0.5, 0.6) is 0 Å². The van der Waals surface area contributed by atoms with Gasteiger partial charge in [-0.3, -0.25) is 0 Å². The summed E-state index contributed by atoms with van der Waals surface area (Å²) >= 11 is 0. The first-order chi connectivity index (χ1) is 9.81. The molecule has 2 heterocycles. The number of hydrogen-bond donors (Lipinski definition) is 1. The monoisotopic (exact) mass is 286 g/mol. The average Bonchev–Trinajstić information content (AvgIpc) is 2.71. The van der Waals surface area contributed by atoms with E-state index >= 15 is 0 Å². The average molecular weight is 286 g/mol. The number of pyridine rings is 1. The van der Waals surface area contributed by atoms with Crippen molar-refractivity contribution in [2.24, 2.45) is 0 Å². The first kappa shape index (κ1) is 15.7. The van der Waals surface area contributed by atoms with Gasteiger partial charge < -0.3 is 5.32 Å². The van der Waals surface area contributed by atoms with E-state index in [4.69, 9.17) is 4.98 Å². The number of aromatic nitrogens is 3. The van der Waals surface area contributed by atoms with Crippen LogP contribution in [-0.4, -0.2) is 20.3 Å². The second-order valence-corrected chi connectivity index (χ2v) is 6.51. The minimum Gasteiger partial charge on any atom is -0.306 e. The van der Waals surface area contributed by atoms with E-state index in [1.165, 1.54) is 11.3 Å². The molecular formula is C17H26N4. The highest BCUT2D eigenvalue weighted by Crippen LogP contribution is 2.17. The molecule has 0 saturated heterocycles. The molecule has 4 heteroatoms. The summed E-state index contributed by atoms with van der Waals surface area (Å²) in [5.74, 6) is 0.892. The van der Waals surface area contributed by atoms with Gasteiger partial charge in [-0.1, -0.05) is 13.0 Å². The molecule has 0 atom stereocenters. The molecule has 1 N–H and O–H groups in total. The first-order valence-corrected chi connectivity index (χ1v) is 7.58. The zero-order chi connectivity index (χ0) is 15.6. The summed E-state index contributed by atoms with van der Waals surface area (Å²) in [5, 5.41) is 8.10. The van der Waals surface area contributed by atoms with E-state index < -0.39 is 0 Å². The minimum atomic E-state index is 0.0886. The molecular weight excluding hydrogens is 260 g/mol. The molecule has 0 aromatic carbocycles. The molecule has 0 amide bonds. The van der Waals surface area contributed by atoms with Crippen LogP contribution in [0, 0.1) is 13.8 Å². The number of nitrogens with one attached hydrogen (secondary N) is 1. The van der Waals surface area contributed by atoms with E-state index in [1.54, 1.807) is 0 Å². The van der Waals surface area contributed by atoms with Gasteiger partial charge in [-0.25, -0.2) is 9.67 Å². The highest BCUT2D eigenvalue weighted by Gasteiger charge is 2.13. The van der Waals surface area contributed by atoms with E-state index in [9.17, 15) is 0 Å². The first-order valence-electron chi connectivity index (χ1n) is 7.58. The Balaban J connectivity index is 2.29. The van der Waals surface area contributed by atoms with Crippen molar-refractivity contribution in [3.63, 3.8) is 0 Å². The minimum absolute atomic E-state index is 0.0886. The summed E-state index contributed by atoms with van der Waals surface area (Å²) in [5.41, 5.74) is 4.71. The lowest BCUT2D eigenvalue weighted by Crippen LogP contribution is -2.35. The van der Waals surface area contributed by atoms with Crippen LogP contribution in [0.2, 0.25) is 0 Å². The molecule has 0 aliphatic carbocycles. The van der Waals surface area contributed by atoms with E-state index in [0.717, 1.165) is 30.2 Å². The Bertz CT molecular complexity index is 620. The third-order valence-electron chi connectivity index (χ3n) is 3.60. The molecule has 114 valence electrons. The van der Waals surface area contributed by atoms with E-state index in [0.29, 0.717) is 0 Å². The lowest BCUT2D eigenvalue weighted by Gasteiger charge is -2.20. The lowest BCUT2D eigenvalue weighted by molar-refractivity contribution is 0.421. The molecule has 2 aromatic rings. The van der Waals surface area contributed by atoms with Gasteiger partial charge in [0, 0.05) is 17.8 Å². The molecule has 2 aromatic heterocycles. The van der Waals surface area contributed by atoms with Gasteiger partial charge in [-0.05, 0) is 58.7 Å². The van der Waals surface area contributed by atoms with Gasteiger partial charge in [0.05, 0.1) is 11.4 Å². The Labute approximate surface area is 127 Å². The maximum Gasteiger partial charge on any atom is 0.153 e. The summed E-state index contributed by atoms with van der Waals surface area (Å²) in [6.45, 7) is 13.6. The third-order valence-corrected chi connectivity index (χ3v) is 3.60. The number of aryl methyl sites for hydroxylation is 1. The maximum atomic E-state index is 4.73. The molecule has 21 heavy (non-hydrogen) atoms. The molecule has 0 aliphatic rings. The van der Waals surface area contributed by atoms with Gasteiger partial charge in [0.2, 0.25) is 0 Å². The molecule has 0 spiro atoms. The zero-order valence-electron chi connectivity index (χ0n) is 14.0. The van der Waals surface area contributed by atoms with E-state index in [-0.39, 0.29) is 5.54 Å². The highest BCUT2D eigenvalue weighted by atomic mass is 15.3. The second kappa shape index (κ2) is 5.98. The smallest absolute Gasteiger partial charge is 0.153 e. The SMILES string of the molecule is CCc1c(C)nn(-c2cccc(CNC(C)(C)C)n2)c1C. The lowest BCUT2D eigenvalue weighted by atomic mass is 10.1. The van der Waals surface area contributed by atoms with Gasteiger partial charge in [-0.2, -0.15) is 5.10 Å². The van der Waals surface area contributed by atoms with Crippen LogP contribution in [-0.2, 0) is 13.0 Å². The van der Waals surface area contributed by atoms with Gasteiger partial charge in [-0.15, -0.1) is 0 Å². The van der Waals surface area contributed by atoms with Gasteiger partial charge in [0.25, 0.3) is 0 Å². The second-order valence-electron chi connectivity index (χ2n) is 6.51. The van der Waals surface area contributed by atoms with Crippen LogP contribution >= 0.6 is 0 Å². The normalized spacial score (nSPS) is 11.9. The van der Waals surface area contributed by atoms with Crippen molar-refractivity contribution < 1.29 is 0 Å². The van der Waals surface area contributed by atoms with E-state index in [2.05, 4.69) is 58.0 Å².